The van der Waals surface area contributed by atoms with Crippen molar-refractivity contribution in [2.24, 2.45) is 17.3 Å². The van der Waals surface area contributed by atoms with E-state index in [4.69, 9.17) is 0 Å². The standard InChI is InChI=1S/C19H24N4O/c1-12-13-8-15(10-19(12,2)3)23(11-13)18(24)22-14-4-5-16-17(9-14)21-7-6-20-16/h4-7,9,12-13,15H,8,10-11H2,1-3H3,(H,22,24)/t12-,13+,15-/m0/s1. The van der Waals surface area contributed by atoms with E-state index in [-0.39, 0.29) is 6.03 Å². The topological polar surface area (TPSA) is 58.1 Å². The van der Waals surface area contributed by atoms with E-state index in [0.717, 1.165) is 36.1 Å². The van der Waals surface area contributed by atoms with Crippen LogP contribution in [0.1, 0.15) is 33.6 Å². The Morgan fingerprint density at radius 2 is 2.00 bits per heavy atom. The summed E-state index contributed by atoms with van der Waals surface area (Å²) in [4.78, 5) is 23.4. The number of rotatable bonds is 1. The Bertz CT molecular complexity index is 788. The molecule has 5 nitrogen and oxygen atoms in total. The second-order valence-electron chi connectivity index (χ2n) is 7.97. The fraction of sp³-hybridized carbons (Fsp3) is 0.526. The quantitative estimate of drug-likeness (QED) is 0.865. The van der Waals surface area contributed by atoms with Crippen molar-refractivity contribution < 1.29 is 4.79 Å². The van der Waals surface area contributed by atoms with Crippen LogP contribution in [0, 0.1) is 17.3 Å². The number of urea groups is 1. The van der Waals surface area contributed by atoms with Gasteiger partial charge >= 0.3 is 6.03 Å². The fourth-order valence-electron chi connectivity index (χ4n) is 4.43. The Hall–Kier alpha value is -2.17. The average Bonchev–Trinajstić information content (AvgIpc) is 2.92. The van der Waals surface area contributed by atoms with Gasteiger partial charge in [0, 0.05) is 30.7 Å². The highest BCUT2D eigenvalue weighted by Gasteiger charge is 2.48. The highest BCUT2D eigenvalue weighted by molar-refractivity contribution is 5.92. The monoisotopic (exact) mass is 324 g/mol. The third kappa shape index (κ3) is 2.52. The zero-order valence-electron chi connectivity index (χ0n) is 14.5. The fourth-order valence-corrected chi connectivity index (χ4v) is 4.43. The van der Waals surface area contributed by atoms with Crippen LogP contribution in [0.25, 0.3) is 11.0 Å². The van der Waals surface area contributed by atoms with Crippen molar-refractivity contribution in [1.29, 1.82) is 0 Å². The predicted molar refractivity (Wildman–Crippen MR) is 94.7 cm³/mol. The van der Waals surface area contributed by atoms with Crippen molar-refractivity contribution in [3.8, 4) is 0 Å². The van der Waals surface area contributed by atoms with Gasteiger partial charge in [0.1, 0.15) is 0 Å². The van der Waals surface area contributed by atoms with E-state index >= 15 is 0 Å². The second kappa shape index (κ2) is 5.43. The first kappa shape index (κ1) is 15.4. The number of benzene rings is 1. The van der Waals surface area contributed by atoms with E-state index in [2.05, 4.69) is 36.1 Å². The Morgan fingerprint density at radius 1 is 1.25 bits per heavy atom. The summed E-state index contributed by atoms with van der Waals surface area (Å²) < 4.78 is 0. The van der Waals surface area contributed by atoms with Gasteiger partial charge in [-0.3, -0.25) is 9.97 Å². The lowest BCUT2D eigenvalue weighted by Crippen LogP contribution is -2.41. The van der Waals surface area contributed by atoms with Crippen LogP contribution in [0.2, 0.25) is 0 Å². The Labute approximate surface area is 142 Å². The van der Waals surface area contributed by atoms with Crippen LogP contribution in [-0.2, 0) is 0 Å². The summed E-state index contributed by atoms with van der Waals surface area (Å²) in [6.07, 6.45) is 5.57. The first-order valence-corrected chi connectivity index (χ1v) is 8.72. The molecule has 2 aromatic rings. The van der Waals surface area contributed by atoms with Gasteiger partial charge in [-0.15, -0.1) is 0 Å². The molecule has 1 aliphatic carbocycles. The number of carbonyl (C=O) groups excluding carboxylic acids is 1. The number of nitrogens with zero attached hydrogens (tertiary/aromatic N) is 3. The lowest BCUT2D eigenvalue weighted by atomic mass is 9.65. The zero-order chi connectivity index (χ0) is 16.9. The molecule has 24 heavy (non-hydrogen) atoms. The first-order chi connectivity index (χ1) is 11.4. The van der Waals surface area contributed by atoms with Crippen LogP contribution in [-0.4, -0.2) is 33.5 Å². The molecule has 0 radical (unpaired) electrons. The van der Waals surface area contributed by atoms with Crippen LogP contribution in [0.5, 0.6) is 0 Å². The van der Waals surface area contributed by atoms with Crippen molar-refractivity contribution >= 4 is 22.8 Å². The second-order valence-corrected chi connectivity index (χ2v) is 7.97. The summed E-state index contributed by atoms with van der Waals surface area (Å²) in [5, 5.41) is 3.05. The maximum atomic E-state index is 12.8. The van der Waals surface area contributed by atoms with Gasteiger partial charge < -0.3 is 10.2 Å². The maximum Gasteiger partial charge on any atom is 0.322 e. The number of amides is 2. The summed E-state index contributed by atoms with van der Waals surface area (Å²) in [5.74, 6) is 1.27. The number of hydrogen-bond donors (Lipinski definition) is 1. The van der Waals surface area contributed by atoms with Crippen LogP contribution in [0.4, 0.5) is 10.5 Å². The molecule has 1 aromatic carbocycles. The first-order valence-electron chi connectivity index (χ1n) is 8.72. The molecule has 126 valence electrons. The summed E-state index contributed by atoms with van der Waals surface area (Å²) in [7, 11) is 0. The van der Waals surface area contributed by atoms with Crippen molar-refractivity contribution in [1.82, 2.24) is 14.9 Å². The largest absolute Gasteiger partial charge is 0.322 e. The Balaban J connectivity index is 1.52. The molecule has 0 unspecified atom stereocenters. The molecular weight excluding hydrogens is 300 g/mol. The molecule has 1 N–H and O–H groups in total. The van der Waals surface area contributed by atoms with E-state index in [1.807, 2.05) is 23.1 Å². The van der Waals surface area contributed by atoms with Gasteiger partial charge in [0.25, 0.3) is 0 Å². The van der Waals surface area contributed by atoms with Gasteiger partial charge in [0.15, 0.2) is 0 Å². The number of anilines is 1. The average molecular weight is 324 g/mol. The molecule has 1 aliphatic heterocycles. The van der Waals surface area contributed by atoms with Gasteiger partial charge in [-0.05, 0) is 48.3 Å². The number of nitrogens with one attached hydrogen (secondary N) is 1. The Morgan fingerprint density at radius 3 is 2.79 bits per heavy atom. The van der Waals surface area contributed by atoms with E-state index in [0.29, 0.717) is 23.3 Å². The van der Waals surface area contributed by atoms with Crippen LogP contribution < -0.4 is 5.32 Å². The van der Waals surface area contributed by atoms with E-state index < -0.39 is 0 Å². The van der Waals surface area contributed by atoms with Gasteiger partial charge in [-0.1, -0.05) is 20.8 Å². The minimum absolute atomic E-state index is 0.00985. The molecule has 0 spiro atoms. The summed E-state index contributed by atoms with van der Waals surface area (Å²) in [6, 6.07) is 6.04. The molecular formula is C19H24N4O. The summed E-state index contributed by atoms with van der Waals surface area (Å²) in [5.41, 5.74) is 2.72. The smallest absolute Gasteiger partial charge is 0.321 e. The molecule has 2 amide bonds. The normalized spacial score (nSPS) is 28.1. The van der Waals surface area contributed by atoms with Crippen molar-refractivity contribution in [2.75, 3.05) is 11.9 Å². The zero-order valence-corrected chi connectivity index (χ0v) is 14.5. The van der Waals surface area contributed by atoms with Crippen molar-refractivity contribution in [2.45, 2.75) is 39.7 Å². The molecule has 2 fully saturated rings. The maximum absolute atomic E-state index is 12.8. The molecule has 2 heterocycles. The number of fused-ring (bicyclic) bond motifs is 3. The van der Waals surface area contributed by atoms with Gasteiger partial charge in [0.2, 0.25) is 0 Å². The molecule has 1 saturated carbocycles. The predicted octanol–water partition coefficient (Wildman–Crippen LogP) is 3.92. The highest BCUT2D eigenvalue weighted by Crippen LogP contribution is 2.49. The molecule has 3 atom stereocenters. The van der Waals surface area contributed by atoms with E-state index in [9.17, 15) is 4.79 Å². The molecule has 2 aliphatic rings. The lowest BCUT2D eigenvalue weighted by Gasteiger charge is -2.40. The molecule has 5 heteroatoms. The minimum atomic E-state index is 0.00985. The Kier molecular flexibility index (Phi) is 3.48. The minimum Gasteiger partial charge on any atom is -0.321 e. The van der Waals surface area contributed by atoms with Crippen LogP contribution in [0.3, 0.4) is 0 Å². The number of carbonyl (C=O) groups is 1. The van der Waals surface area contributed by atoms with E-state index in [1.54, 1.807) is 12.4 Å². The SMILES string of the molecule is C[C@H]1[C@@H]2C[C@@H](CC1(C)C)N(C(=O)Nc1ccc3nccnc3c1)C2. The third-order valence-corrected chi connectivity index (χ3v) is 6.13. The molecule has 1 saturated heterocycles. The van der Waals surface area contributed by atoms with Gasteiger partial charge in [0.05, 0.1) is 11.0 Å². The molecule has 2 bridgehead atoms. The van der Waals surface area contributed by atoms with E-state index in [1.165, 1.54) is 0 Å². The summed E-state index contributed by atoms with van der Waals surface area (Å²) in [6.45, 7) is 7.87. The van der Waals surface area contributed by atoms with Gasteiger partial charge in [-0.2, -0.15) is 0 Å². The number of aromatic nitrogens is 2. The number of likely N-dealkylation sites (tertiary alicyclic amines) is 1. The van der Waals surface area contributed by atoms with Gasteiger partial charge in [-0.25, -0.2) is 4.79 Å². The lowest BCUT2D eigenvalue weighted by molar-refractivity contribution is 0.104. The molecule has 1 aromatic heterocycles. The highest BCUT2D eigenvalue weighted by atomic mass is 16.2. The molecule has 4 rings (SSSR count). The number of hydrogen-bond acceptors (Lipinski definition) is 3. The van der Waals surface area contributed by atoms with Crippen LogP contribution >= 0.6 is 0 Å². The third-order valence-electron chi connectivity index (χ3n) is 6.13. The summed E-state index contributed by atoms with van der Waals surface area (Å²) >= 11 is 0. The van der Waals surface area contributed by atoms with Crippen LogP contribution in [0.15, 0.2) is 30.6 Å². The van der Waals surface area contributed by atoms with Crippen molar-refractivity contribution in [3.63, 3.8) is 0 Å². The van der Waals surface area contributed by atoms with Crippen molar-refractivity contribution in [3.05, 3.63) is 30.6 Å².